The zero-order chi connectivity index (χ0) is 19.9. The van der Waals surface area contributed by atoms with Crippen LogP contribution in [-0.4, -0.2) is 22.8 Å². The average molecular weight is 367 g/mol. The van der Waals surface area contributed by atoms with Crippen LogP contribution in [0.25, 0.3) is 0 Å². The molecule has 4 nitrogen and oxygen atoms in total. The first-order valence-electron chi connectivity index (χ1n) is 9.64. The lowest BCUT2D eigenvalue weighted by atomic mass is 9.80. The van der Waals surface area contributed by atoms with Crippen LogP contribution in [0.15, 0.2) is 24.3 Å². The number of benzene rings is 1. The number of nitrogens with one attached hydrogen (secondary N) is 1. The molecule has 0 bridgehead atoms. The topological polar surface area (TPSA) is 59.2 Å². The summed E-state index contributed by atoms with van der Waals surface area (Å²) in [7, 11) is 0. The molecule has 0 fully saturated rings. The van der Waals surface area contributed by atoms with Crippen LogP contribution in [0.4, 0.5) is 0 Å². The minimum Gasteiger partial charge on any atom is -0.458 e. The van der Waals surface area contributed by atoms with Gasteiger partial charge in [0.15, 0.2) is 5.78 Å². The van der Waals surface area contributed by atoms with Crippen LogP contribution in [0.1, 0.15) is 90.2 Å². The Morgan fingerprint density at radius 1 is 1.15 bits per heavy atom. The van der Waals surface area contributed by atoms with E-state index in [0.29, 0.717) is 23.2 Å². The molecule has 1 aromatic heterocycles. The Balaban J connectivity index is 1.88. The van der Waals surface area contributed by atoms with Crippen LogP contribution in [0.5, 0.6) is 0 Å². The van der Waals surface area contributed by atoms with Crippen molar-refractivity contribution in [2.75, 3.05) is 0 Å². The van der Waals surface area contributed by atoms with Gasteiger partial charge in [-0.05, 0) is 55.2 Å². The van der Waals surface area contributed by atoms with E-state index < -0.39 is 5.97 Å². The predicted molar refractivity (Wildman–Crippen MR) is 107 cm³/mol. The first kappa shape index (κ1) is 19.4. The van der Waals surface area contributed by atoms with E-state index in [2.05, 4.69) is 50.0 Å². The molecule has 1 aliphatic carbocycles. The Hall–Kier alpha value is -2.36. The third kappa shape index (κ3) is 3.85. The predicted octanol–water partition coefficient (Wildman–Crippen LogP) is 5.10. The molecule has 0 saturated carbocycles. The lowest BCUT2D eigenvalue weighted by Crippen LogP contribution is -2.19. The number of hydrogen-bond donors (Lipinski definition) is 1. The number of hydrogen-bond acceptors (Lipinski definition) is 3. The van der Waals surface area contributed by atoms with Crippen molar-refractivity contribution in [3.8, 4) is 0 Å². The lowest BCUT2D eigenvalue weighted by molar-refractivity contribution is 0.0370. The van der Waals surface area contributed by atoms with Gasteiger partial charge in [-0.1, -0.05) is 45.0 Å². The smallest absolute Gasteiger partial charge is 0.355 e. The number of ketones is 1. The average Bonchev–Trinajstić information content (AvgIpc) is 2.91. The Morgan fingerprint density at radius 2 is 1.78 bits per heavy atom. The van der Waals surface area contributed by atoms with Gasteiger partial charge in [0.2, 0.25) is 0 Å². The van der Waals surface area contributed by atoms with Crippen molar-refractivity contribution in [1.82, 2.24) is 4.98 Å². The molecule has 0 saturated heterocycles. The number of ether oxygens (including phenoxy) is 1. The molecule has 1 heterocycles. The van der Waals surface area contributed by atoms with E-state index in [9.17, 15) is 9.59 Å². The van der Waals surface area contributed by atoms with Crippen LogP contribution >= 0.6 is 0 Å². The minimum atomic E-state index is -0.393. The Bertz CT molecular complexity index is 866. The summed E-state index contributed by atoms with van der Waals surface area (Å²) in [5, 5.41) is 0. The molecule has 1 aliphatic rings. The molecule has 1 aromatic carbocycles. The molecule has 144 valence electrons. The van der Waals surface area contributed by atoms with Gasteiger partial charge in [-0.3, -0.25) is 4.79 Å². The fourth-order valence-electron chi connectivity index (χ4n) is 3.80. The summed E-state index contributed by atoms with van der Waals surface area (Å²) in [5.41, 5.74) is 5.20. The Kier molecular flexibility index (Phi) is 5.02. The molecule has 0 radical (unpaired) electrons. The molecule has 0 unspecified atom stereocenters. The van der Waals surface area contributed by atoms with E-state index in [0.717, 1.165) is 12.1 Å². The molecule has 2 aromatic rings. The Labute approximate surface area is 161 Å². The van der Waals surface area contributed by atoms with Crippen LogP contribution in [0.3, 0.4) is 0 Å². The number of esters is 1. The van der Waals surface area contributed by atoms with Crippen molar-refractivity contribution in [2.24, 2.45) is 0 Å². The van der Waals surface area contributed by atoms with Gasteiger partial charge in [0.05, 0.1) is 6.10 Å². The normalized spacial score (nSPS) is 17.1. The zero-order valence-electron chi connectivity index (χ0n) is 17.1. The van der Waals surface area contributed by atoms with E-state index in [1.807, 2.05) is 20.8 Å². The quantitative estimate of drug-likeness (QED) is 0.768. The molecule has 0 aliphatic heterocycles. The summed E-state index contributed by atoms with van der Waals surface area (Å²) < 4.78 is 5.31. The second-order valence-electron chi connectivity index (χ2n) is 8.83. The van der Waals surface area contributed by atoms with Crippen LogP contribution < -0.4 is 0 Å². The van der Waals surface area contributed by atoms with Gasteiger partial charge in [-0.15, -0.1) is 0 Å². The van der Waals surface area contributed by atoms with Crippen molar-refractivity contribution in [2.45, 2.75) is 71.8 Å². The van der Waals surface area contributed by atoms with Gasteiger partial charge in [0.1, 0.15) is 5.69 Å². The first-order chi connectivity index (χ1) is 12.6. The maximum atomic E-state index is 12.8. The third-order valence-electron chi connectivity index (χ3n) is 5.28. The number of H-pyrrole nitrogens is 1. The van der Waals surface area contributed by atoms with Crippen molar-refractivity contribution in [1.29, 1.82) is 0 Å². The summed E-state index contributed by atoms with van der Waals surface area (Å²) in [6.07, 6.45) is 1.01. The maximum absolute atomic E-state index is 12.8. The SMILES string of the molecule is Cc1c(C(=O)OC(C)C)[nH]c2c1C(=O)C[C@@H](c1ccc(C(C)(C)C)cc1)C2. The lowest BCUT2D eigenvalue weighted by Gasteiger charge is -2.24. The van der Waals surface area contributed by atoms with Crippen LogP contribution in [0, 0.1) is 6.92 Å². The fraction of sp³-hybridized carbons (Fsp3) is 0.478. The first-order valence-corrected chi connectivity index (χ1v) is 9.64. The van der Waals surface area contributed by atoms with Gasteiger partial charge in [-0.2, -0.15) is 0 Å². The van der Waals surface area contributed by atoms with E-state index >= 15 is 0 Å². The van der Waals surface area contributed by atoms with Crippen molar-refractivity contribution >= 4 is 11.8 Å². The molecular weight excluding hydrogens is 338 g/mol. The third-order valence-corrected chi connectivity index (χ3v) is 5.28. The van der Waals surface area contributed by atoms with Gasteiger partial charge in [0, 0.05) is 17.7 Å². The number of rotatable bonds is 3. The summed E-state index contributed by atoms with van der Waals surface area (Å²) in [5.74, 6) is -0.166. The standard InChI is InChI=1S/C23H29NO3/c1-13(2)27-22(26)21-14(3)20-18(24-21)11-16(12-19(20)25)15-7-9-17(10-8-15)23(4,5)6/h7-10,13,16,24H,11-12H2,1-6H3/t16-/m0/s1. The van der Waals surface area contributed by atoms with Gasteiger partial charge >= 0.3 is 5.97 Å². The summed E-state index contributed by atoms with van der Waals surface area (Å²) >= 11 is 0. The number of carbonyl (C=O) groups is 2. The zero-order valence-corrected chi connectivity index (χ0v) is 17.1. The molecule has 0 amide bonds. The van der Waals surface area contributed by atoms with Crippen molar-refractivity contribution in [3.63, 3.8) is 0 Å². The maximum Gasteiger partial charge on any atom is 0.355 e. The van der Waals surface area contributed by atoms with Gasteiger partial charge in [0.25, 0.3) is 0 Å². The second kappa shape index (κ2) is 6.99. The van der Waals surface area contributed by atoms with Crippen LogP contribution in [-0.2, 0) is 16.6 Å². The molecule has 1 atom stereocenters. The second-order valence-corrected chi connectivity index (χ2v) is 8.83. The van der Waals surface area contributed by atoms with Crippen LogP contribution in [0.2, 0.25) is 0 Å². The van der Waals surface area contributed by atoms with E-state index in [-0.39, 0.29) is 23.2 Å². The molecule has 4 heteroatoms. The van der Waals surface area contributed by atoms with Gasteiger partial charge < -0.3 is 9.72 Å². The summed E-state index contributed by atoms with van der Waals surface area (Å²) in [6, 6.07) is 8.57. The number of aromatic amines is 1. The van der Waals surface area contributed by atoms with Crippen molar-refractivity contribution in [3.05, 3.63) is 57.9 Å². The van der Waals surface area contributed by atoms with E-state index in [1.165, 1.54) is 11.1 Å². The molecule has 27 heavy (non-hydrogen) atoms. The van der Waals surface area contributed by atoms with Crippen molar-refractivity contribution < 1.29 is 14.3 Å². The highest BCUT2D eigenvalue weighted by Gasteiger charge is 2.32. The summed E-state index contributed by atoms with van der Waals surface area (Å²) in [6.45, 7) is 12.0. The molecule has 0 spiro atoms. The minimum absolute atomic E-state index is 0.0958. The monoisotopic (exact) mass is 367 g/mol. The highest BCUT2D eigenvalue weighted by Crippen LogP contribution is 2.36. The molecule has 3 rings (SSSR count). The Morgan fingerprint density at radius 3 is 2.33 bits per heavy atom. The molecule has 1 N–H and O–H groups in total. The van der Waals surface area contributed by atoms with E-state index in [4.69, 9.17) is 4.74 Å². The van der Waals surface area contributed by atoms with E-state index in [1.54, 1.807) is 0 Å². The molecular formula is C23H29NO3. The number of aromatic nitrogens is 1. The summed E-state index contributed by atoms with van der Waals surface area (Å²) in [4.78, 5) is 28.3. The largest absolute Gasteiger partial charge is 0.458 e. The highest BCUT2D eigenvalue weighted by atomic mass is 16.5. The van der Waals surface area contributed by atoms with Gasteiger partial charge in [-0.25, -0.2) is 4.79 Å². The number of Topliss-reactive ketones (excluding diaryl/α,β-unsaturated/α-hetero) is 1. The number of carbonyl (C=O) groups excluding carboxylic acids is 2. The number of fused-ring (bicyclic) bond motifs is 1. The highest BCUT2D eigenvalue weighted by molar-refractivity contribution is 6.03. The fourth-order valence-corrected chi connectivity index (χ4v) is 3.80.